The topological polar surface area (TPSA) is 51.2 Å². The van der Waals surface area contributed by atoms with Crippen LogP contribution in [0.25, 0.3) is 6.08 Å². The lowest BCUT2D eigenvalue weighted by molar-refractivity contribution is 0.104. The van der Waals surface area contributed by atoms with E-state index in [1.165, 1.54) is 12.1 Å². The van der Waals surface area contributed by atoms with Gasteiger partial charge in [-0.25, -0.2) is 8.42 Å². The van der Waals surface area contributed by atoms with Gasteiger partial charge in [0, 0.05) is 5.56 Å². The molecule has 0 atom stereocenters. The van der Waals surface area contributed by atoms with Crippen molar-refractivity contribution >= 4 is 21.7 Å². The zero-order chi connectivity index (χ0) is 18.6. The number of hydrogen-bond donors (Lipinski definition) is 0. The summed E-state index contributed by atoms with van der Waals surface area (Å²) < 4.78 is 25.9. The van der Waals surface area contributed by atoms with Crippen molar-refractivity contribution < 1.29 is 13.2 Å². The molecule has 0 spiro atoms. The van der Waals surface area contributed by atoms with Crippen LogP contribution in [-0.4, -0.2) is 14.2 Å². The Morgan fingerprint density at radius 3 is 2.12 bits per heavy atom. The fraction of sp³-hybridized carbons (Fsp3) is 0.0455. The van der Waals surface area contributed by atoms with E-state index < -0.39 is 9.84 Å². The van der Waals surface area contributed by atoms with Crippen molar-refractivity contribution in [3.8, 4) is 0 Å². The molecule has 4 heteroatoms. The van der Waals surface area contributed by atoms with Crippen LogP contribution in [0.2, 0.25) is 0 Å². The Labute approximate surface area is 153 Å². The van der Waals surface area contributed by atoms with Crippen molar-refractivity contribution in [1.29, 1.82) is 0 Å². The molecule has 0 aromatic heterocycles. The van der Waals surface area contributed by atoms with Crippen LogP contribution >= 0.6 is 0 Å². The number of sulfone groups is 1. The van der Waals surface area contributed by atoms with Crippen molar-refractivity contribution in [3.05, 3.63) is 102 Å². The number of ketones is 1. The molecule has 0 fully saturated rings. The van der Waals surface area contributed by atoms with Gasteiger partial charge in [0.1, 0.15) is 0 Å². The van der Waals surface area contributed by atoms with E-state index in [9.17, 15) is 13.2 Å². The number of benzene rings is 3. The molecule has 3 nitrogen and oxygen atoms in total. The van der Waals surface area contributed by atoms with Crippen molar-refractivity contribution in [2.75, 3.05) is 0 Å². The van der Waals surface area contributed by atoms with Gasteiger partial charge in [0.05, 0.1) is 9.79 Å². The van der Waals surface area contributed by atoms with Crippen molar-refractivity contribution in [3.63, 3.8) is 0 Å². The van der Waals surface area contributed by atoms with Gasteiger partial charge in [-0.3, -0.25) is 4.79 Å². The molecule has 3 aromatic carbocycles. The average Bonchev–Trinajstić information content (AvgIpc) is 2.67. The zero-order valence-corrected chi connectivity index (χ0v) is 15.1. The lowest BCUT2D eigenvalue weighted by atomic mass is 10.1. The van der Waals surface area contributed by atoms with Gasteiger partial charge in [-0.05, 0) is 42.8 Å². The van der Waals surface area contributed by atoms with Crippen LogP contribution < -0.4 is 0 Å². The van der Waals surface area contributed by atoms with E-state index in [4.69, 9.17) is 0 Å². The predicted molar refractivity (Wildman–Crippen MR) is 103 cm³/mol. The van der Waals surface area contributed by atoms with Crippen LogP contribution in [0.4, 0.5) is 0 Å². The Hall–Kier alpha value is -2.98. The molecule has 0 unspecified atom stereocenters. The molecule has 0 amide bonds. The fourth-order valence-corrected chi connectivity index (χ4v) is 4.04. The molecular weight excluding hydrogens is 344 g/mol. The molecule has 0 saturated carbocycles. The zero-order valence-electron chi connectivity index (χ0n) is 14.3. The number of hydrogen-bond acceptors (Lipinski definition) is 3. The molecule has 0 bridgehead atoms. The van der Waals surface area contributed by atoms with E-state index in [-0.39, 0.29) is 21.1 Å². The van der Waals surface area contributed by atoms with Crippen LogP contribution in [0.5, 0.6) is 0 Å². The Morgan fingerprint density at radius 1 is 0.808 bits per heavy atom. The smallest absolute Gasteiger partial charge is 0.207 e. The predicted octanol–water partition coefficient (Wildman–Crippen LogP) is 4.72. The third-order valence-electron chi connectivity index (χ3n) is 4.00. The van der Waals surface area contributed by atoms with E-state index in [1.54, 1.807) is 48.5 Å². The molecule has 0 N–H and O–H groups in total. The first-order valence-electron chi connectivity index (χ1n) is 8.17. The lowest BCUT2D eigenvalue weighted by Gasteiger charge is -2.09. The second-order valence-corrected chi connectivity index (χ2v) is 7.84. The van der Waals surface area contributed by atoms with Gasteiger partial charge >= 0.3 is 0 Å². The highest BCUT2D eigenvalue weighted by molar-refractivity contribution is 7.91. The molecule has 130 valence electrons. The largest absolute Gasteiger partial charge is 0.289 e. The second kappa shape index (κ2) is 7.50. The van der Waals surface area contributed by atoms with Gasteiger partial charge in [-0.15, -0.1) is 0 Å². The molecule has 3 rings (SSSR count). The maximum atomic E-state index is 13.0. The number of aryl methyl sites for hydroxylation is 1. The summed E-state index contributed by atoms with van der Waals surface area (Å²) in [4.78, 5) is 12.8. The van der Waals surface area contributed by atoms with Crippen LogP contribution in [0.1, 0.15) is 21.5 Å². The first-order valence-corrected chi connectivity index (χ1v) is 9.65. The molecule has 3 aromatic rings. The fourth-order valence-electron chi connectivity index (χ4n) is 2.57. The van der Waals surface area contributed by atoms with Crippen LogP contribution in [0.3, 0.4) is 0 Å². The average molecular weight is 362 g/mol. The number of rotatable bonds is 5. The summed E-state index contributed by atoms with van der Waals surface area (Å²) in [6.45, 7) is 1.89. The Morgan fingerprint density at radius 2 is 1.42 bits per heavy atom. The summed E-state index contributed by atoms with van der Waals surface area (Å²) in [5.74, 6) is -0.347. The summed E-state index contributed by atoms with van der Waals surface area (Å²) in [6, 6.07) is 22.3. The minimum Gasteiger partial charge on any atom is -0.289 e. The third-order valence-corrected chi connectivity index (χ3v) is 5.83. The van der Waals surface area contributed by atoms with Gasteiger partial charge in [0.15, 0.2) is 5.78 Å². The lowest BCUT2D eigenvalue weighted by Crippen LogP contribution is -2.08. The number of carbonyl (C=O) groups is 1. The first kappa shape index (κ1) is 17.8. The summed E-state index contributed by atoms with van der Waals surface area (Å²) in [7, 11) is -3.77. The molecule has 0 heterocycles. The monoisotopic (exact) mass is 362 g/mol. The van der Waals surface area contributed by atoms with Gasteiger partial charge in [-0.1, -0.05) is 66.2 Å². The normalized spacial score (nSPS) is 11.6. The minimum atomic E-state index is -3.77. The highest BCUT2D eigenvalue weighted by Crippen LogP contribution is 2.25. The first-order chi connectivity index (χ1) is 12.5. The van der Waals surface area contributed by atoms with Crippen molar-refractivity contribution in [1.82, 2.24) is 0 Å². The summed E-state index contributed by atoms with van der Waals surface area (Å²) in [5, 5.41) is 0. The van der Waals surface area contributed by atoms with Crippen molar-refractivity contribution in [2.24, 2.45) is 0 Å². The minimum absolute atomic E-state index is 0.0200. The molecule has 0 saturated heterocycles. The van der Waals surface area contributed by atoms with E-state index in [0.717, 1.165) is 11.1 Å². The van der Waals surface area contributed by atoms with Gasteiger partial charge in [-0.2, -0.15) is 0 Å². The van der Waals surface area contributed by atoms with E-state index in [0.29, 0.717) is 0 Å². The molecule has 0 aliphatic carbocycles. The molecule has 26 heavy (non-hydrogen) atoms. The van der Waals surface area contributed by atoms with E-state index >= 15 is 0 Å². The quantitative estimate of drug-likeness (QED) is 0.487. The highest BCUT2D eigenvalue weighted by atomic mass is 32.2. The molecule has 0 aliphatic rings. The Kier molecular flexibility index (Phi) is 5.14. The molecular formula is C22H18O3S. The highest BCUT2D eigenvalue weighted by Gasteiger charge is 2.23. The van der Waals surface area contributed by atoms with Crippen LogP contribution in [0, 0.1) is 6.92 Å². The second-order valence-electron chi connectivity index (χ2n) is 5.92. The number of allylic oxidation sites excluding steroid dienone is 1. The summed E-state index contributed by atoms with van der Waals surface area (Å²) >= 11 is 0. The van der Waals surface area contributed by atoms with E-state index in [2.05, 4.69) is 0 Å². The van der Waals surface area contributed by atoms with Crippen LogP contribution in [0.15, 0.2) is 94.7 Å². The summed E-state index contributed by atoms with van der Waals surface area (Å²) in [6.07, 6.45) is 3.08. The standard InChI is InChI=1S/C22H18O3S/c1-17-11-14-19(15-12-17)26(24,25)22-10-6-5-9-20(22)21(23)16-13-18-7-3-2-4-8-18/h2-16H,1H3. The maximum Gasteiger partial charge on any atom is 0.207 e. The van der Waals surface area contributed by atoms with Gasteiger partial charge in [0.2, 0.25) is 9.84 Å². The van der Waals surface area contributed by atoms with Gasteiger partial charge in [0.25, 0.3) is 0 Å². The Bertz CT molecular complexity index is 1050. The van der Waals surface area contributed by atoms with Crippen molar-refractivity contribution in [2.45, 2.75) is 16.7 Å². The van der Waals surface area contributed by atoms with Gasteiger partial charge < -0.3 is 0 Å². The maximum absolute atomic E-state index is 13.0. The summed E-state index contributed by atoms with van der Waals surface area (Å²) in [5.41, 5.74) is 2.01. The molecule has 0 aliphatic heterocycles. The molecule has 0 radical (unpaired) electrons. The van der Waals surface area contributed by atoms with E-state index in [1.807, 2.05) is 37.3 Å². The SMILES string of the molecule is Cc1ccc(S(=O)(=O)c2ccccc2C(=O)C=Cc2ccccc2)cc1. The van der Waals surface area contributed by atoms with Crippen LogP contribution in [-0.2, 0) is 9.84 Å². The Balaban J connectivity index is 1.99. The third kappa shape index (κ3) is 3.81. The number of carbonyl (C=O) groups excluding carboxylic acids is 1.